The molecule has 3 aromatic heterocycles. The maximum absolute atomic E-state index is 14.6. The zero-order chi connectivity index (χ0) is 34.4. The predicted molar refractivity (Wildman–Crippen MR) is 178 cm³/mol. The molecule has 4 heterocycles. The number of H-pyrrole nitrogens is 2. The van der Waals surface area contributed by atoms with E-state index in [2.05, 4.69) is 37.4 Å². The number of aliphatic hydroxyl groups is 1. The quantitative estimate of drug-likeness (QED) is 0.105. The number of aromatic amines is 2. The van der Waals surface area contributed by atoms with E-state index >= 15 is 0 Å². The van der Waals surface area contributed by atoms with Gasteiger partial charge < -0.3 is 15.4 Å². The number of hydrogen-bond acceptors (Lipinski definition) is 2. The Bertz CT molecular complexity index is 1830. The zero-order valence-electron chi connectivity index (χ0n) is 27.0. The van der Waals surface area contributed by atoms with Crippen molar-refractivity contribution in [3.63, 3.8) is 0 Å². The molecule has 0 saturated carbocycles. The Morgan fingerprint density at radius 1 is 0.720 bits per heavy atom. The van der Waals surface area contributed by atoms with E-state index in [1.54, 1.807) is 6.08 Å². The van der Waals surface area contributed by atoms with Gasteiger partial charge in [-0.2, -0.15) is 6.20 Å². The van der Waals surface area contributed by atoms with Crippen LogP contribution in [0.5, 0.6) is 0 Å². The molecule has 6 nitrogen and oxygen atoms in total. The summed E-state index contributed by atoms with van der Waals surface area (Å²) in [6.07, 6.45) is 9.83. The van der Waals surface area contributed by atoms with E-state index in [1.807, 2.05) is 97.3 Å². The van der Waals surface area contributed by atoms with Gasteiger partial charge in [0.15, 0.2) is 41.9 Å². The van der Waals surface area contributed by atoms with E-state index in [4.69, 9.17) is 5.11 Å². The Labute approximate surface area is 299 Å². The Hall–Kier alpha value is -5.53. The molecule has 7 rings (SSSR count). The zero-order valence-corrected chi connectivity index (χ0v) is 27.0. The molecule has 0 fully saturated rings. The van der Waals surface area contributed by atoms with Crippen LogP contribution in [0.25, 0.3) is 28.1 Å². The third kappa shape index (κ3) is 9.33. The van der Waals surface area contributed by atoms with Crippen molar-refractivity contribution >= 4 is 17.5 Å². The Balaban J connectivity index is 0.000000187. The van der Waals surface area contributed by atoms with Crippen LogP contribution in [0.1, 0.15) is 11.3 Å². The van der Waals surface area contributed by atoms with Crippen molar-refractivity contribution in [3.05, 3.63) is 180 Å². The average Bonchev–Trinajstić information content (AvgIpc) is 3.91. The maximum atomic E-state index is 14.6. The summed E-state index contributed by atoms with van der Waals surface area (Å²) in [4.78, 5) is 13.0. The van der Waals surface area contributed by atoms with Gasteiger partial charge in [0.2, 0.25) is 5.70 Å². The largest absolute Gasteiger partial charge is 1.00 e. The van der Waals surface area contributed by atoms with Gasteiger partial charge in [-0.15, -0.1) is 66.4 Å². The molecule has 0 atom stereocenters. The van der Waals surface area contributed by atoms with Crippen LogP contribution in [-0.4, -0.2) is 24.5 Å². The minimum atomic E-state index is -1.57. The minimum absolute atomic E-state index is 0. The van der Waals surface area contributed by atoms with E-state index in [0.29, 0.717) is 0 Å². The smallest absolute Gasteiger partial charge is 0.663 e. The second kappa shape index (κ2) is 18.9. The summed E-state index contributed by atoms with van der Waals surface area (Å²) < 4.78 is 57.8. The van der Waals surface area contributed by atoms with Crippen LogP contribution >= 0.6 is 0 Å². The molecular weight excluding hydrogens is 637 g/mol. The molecule has 1 aliphatic heterocycles. The third-order valence-corrected chi connectivity index (χ3v) is 7.02. The normalized spacial score (nSPS) is 12.2. The van der Waals surface area contributed by atoms with Gasteiger partial charge in [0.05, 0.1) is 12.2 Å². The molecule has 0 aliphatic carbocycles. The SMILES string of the molecule is OCCNc1c(F)c(F)c(/C(=C2\C=CC=[NH+]2)c2ccc[n-]2)c(F)c1F.[Li+].[c-]1ccccc1-c1cccc[nH+]1.[c-]1ccccc1-c1cccc[nH+]1. The molecule has 0 spiro atoms. The molecule has 0 amide bonds. The fourth-order valence-electron chi connectivity index (χ4n) is 4.77. The summed E-state index contributed by atoms with van der Waals surface area (Å²) in [6, 6.07) is 37.2. The number of pyridine rings is 2. The summed E-state index contributed by atoms with van der Waals surface area (Å²) >= 11 is 0. The number of aliphatic hydroxyl groups excluding tert-OH is 1. The van der Waals surface area contributed by atoms with Crippen molar-refractivity contribution in [1.82, 2.24) is 4.98 Å². The van der Waals surface area contributed by atoms with Crippen LogP contribution in [0.4, 0.5) is 23.2 Å². The second-order valence-electron chi connectivity index (χ2n) is 10.2. The molecule has 0 saturated heterocycles. The molecule has 1 aliphatic rings. The monoisotopic (exact) mass is 668 g/mol. The van der Waals surface area contributed by atoms with Crippen molar-refractivity contribution in [2.24, 2.45) is 0 Å². The van der Waals surface area contributed by atoms with Gasteiger partial charge >= 0.3 is 18.9 Å². The van der Waals surface area contributed by atoms with Crippen molar-refractivity contribution in [2.75, 3.05) is 18.5 Å². The van der Waals surface area contributed by atoms with Crippen LogP contribution < -0.4 is 44.1 Å². The molecule has 50 heavy (non-hydrogen) atoms. The van der Waals surface area contributed by atoms with Gasteiger partial charge in [-0.1, -0.05) is 35.4 Å². The summed E-state index contributed by atoms with van der Waals surface area (Å²) in [5, 5.41) is 10.9. The van der Waals surface area contributed by atoms with Crippen molar-refractivity contribution in [2.45, 2.75) is 0 Å². The first-order valence-corrected chi connectivity index (χ1v) is 15.2. The number of rotatable bonds is 7. The third-order valence-electron chi connectivity index (χ3n) is 7.02. The summed E-state index contributed by atoms with van der Waals surface area (Å²) in [5.41, 5.74) is 2.88. The topological polar surface area (TPSA) is 88.6 Å². The number of hydrogen-bond donors (Lipinski definition) is 3. The Morgan fingerprint density at radius 3 is 1.72 bits per heavy atom. The fourth-order valence-corrected chi connectivity index (χ4v) is 4.77. The molecular formula is C39H31F4LiN5O+. The number of aromatic nitrogens is 3. The van der Waals surface area contributed by atoms with Gasteiger partial charge in [0, 0.05) is 36.4 Å². The van der Waals surface area contributed by atoms with Crippen LogP contribution in [0.2, 0.25) is 0 Å². The summed E-state index contributed by atoms with van der Waals surface area (Å²) in [5.74, 6) is -6.24. The predicted octanol–water partition coefficient (Wildman–Crippen LogP) is 2.02. The number of nitrogens with one attached hydrogen (secondary N) is 4. The molecule has 6 aromatic rings. The first-order chi connectivity index (χ1) is 24.0. The summed E-state index contributed by atoms with van der Waals surface area (Å²) in [7, 11) is 0. The van der Waals surface area contributed by atoms with E-state index < -0.39 is 41.1 Å². The van der Waals surface area contributed by atoms with Gasteiger partial charge in [0.25, 0.3) is 0 Å². The van der Waals surface area contributed by atoms with Crippen molar-refractivity contribution in [3.8, 4) is 22.5 Å². The standard InChI is InChI=1S/C17H12F4N3O.2C11H8N.Li/c18-13-12(14(19)16(21)17(15(13)20)24-7-8-25)11(9-3-1-5-22-9)10-4-2-6-23-10;2*1-2-6-10(7-3-1)11-8-4-5-9-12-11;/h1-6,24-25H,7-8H2;2*1-6,8-9H;/q3*-1;+1/p+3/b11-9+;;;. The average molecular weight is 669 g/mol. The van der Waals surface area contributed by atoms with Crippen molar-refractivity contribution < 1.29 is 56.5 Å². The number of anilines is 1. The number of nitrogens with zero attached hydrogens (tertiary/aromatic N) is 1. The molecule has 0 bridgehead atoms. The molecule has 246 valence electrons. The first kappa shape index (κ1) is 37.3. The van der Waals surface area contributed by atoms with E-state index in [9.17, 15) is 17.6 Å². The van der Waals surface area contributed by atoms with Crippen LogP contribution in [-0.2, 0) is 0 Å². The molecule has 0 unspecified atom stereocenters. The number of halogens is 4. The fraction of sp³-hybridized carbons (Fsp3) is 0.0513. The van der Waals surface area contributed by atoms with Crippen LogP contribution in [0.15, 0.2) is 134 Å². The van der Waals surface area contributed by atoms with Crippen LogP contribution in [0, 0.1) is 35.4 Å². The van der Waals surface area contributed by atoms with E-state index in [-0.39, 0.29) is 42.4 Å². The maximum Gasteiger partial charge on any atom is 1.00 e. The number of allylic oxidation sites excluding steroid dienone is 2. The van der Waals surface area contributed by atoms with Crippen molar-refractivity contribution in [1.29, 1.82) is 0 Å². The number of benzene rings is 3. The van der Waals surface area contributed by atoms with Gasteiger partial charge in [-0.05, 0) is 12.1 Å². The van der Waals surface area contributed by atoms with Crippen LogP contribution in [0.3, 0.4) is 0 Å². The molecule has 5 N–H and O–H groups in total. The van der Waals surface area contributed by atoms with E-state index in [0.717, 1.165) is 22.5 Å². The first-order valence-electron chi connectivity index (χ1n) is 15.2. The Morgan fingerprint density at radius 2 is 1.30 bits per heavy atom. The van der Waals surface area contributed by atoms with Gasteiger partial charge in [-0.3, -0.25) is 9.97 Å². The van der Waals surface area contributed by atoms with Gasteiger partial charge in [-0.25, -0.2) is 22.6 Å². The molecule has 0 radical (unpaired) electrons. The van der Waals surface area contributed by atoms with Gasteiger partial charge in [0.1, 0.15) is 17.1 Å². The second-order valence-corrected chi connectivity index (χ2v) is 10.2. The molecule has 3 aromatic carbocycles. The van der Waals surface area contributed by atoms with E-state index in [1.165, 1.54) is 30.6 Å². The molecule has 11 heteroatoms. The summed E-state index contributed by atoms with van der Waals surface area (Å²) in [6.45, 7) is -0.717. The minimum Gasteiger partial charge on any atom is -0.663 e. The Kier molecular flexibility index (Phi) is 14.1.